The predicted octanol–water partition coefficient (Wildman–Crippen LogP) is 4.43. The van der Waals surface area contributed by atoms with Crippen molar-refractivity contribution < 1.29 is 27.1 Å². The van der Waals surface area contributed by atoms with Crippen LogP contribution in [0.15, 0.2) is 24.4 Å². The molecule has 1 atom stereocenters. The van der Waals surface area contributed by atoms with Crippen molar-refractivity contribution in [3.63, 3.8) is 0 Å². The summed E-state index contributed by atoms with van der Waals surface area (Å²) in [6, 6.07) is 4.31. The molecule has 1 unspecified atom stereocenters. The molecule has 2 aromatic rings. The monoisotopic (exact) mass is 396 g/mol. The van der Waals surface area contributed by atoms with Gasteiger partial charge in [-0.2, -0.15) is 13.2 Å². The zero-order chi connectivity index (χ0) is 18.6. The van der Waals surface area contributed by atoms with Gasteiger partial charge in [0.25, 0.3) is 5.91 Å². The Bertz CT molecular complexity index is 751. The van der Waals surface area contributed by atoms with Crippen LogP contribution in [0.3, 0.4) is 0 Å². The normalized spacial score (nSPS) is 12.9. The van der Waals surface area contributed by atoms with E-state index in [9.17, 15) is 22.4 Å². The quantitative estimate of drug-likeness (QED) is 0.735. The average molecular weight is 397 g/mol. The number of hydrogen-bond donors (Lipinski definition) is 1. The number of rotatable bonds is 6. The Balaban J connectivity index is 1.92. The molecule has 0 radical (unpaired) electrons. The van der Waals surface area contributed by atoms with E-state index in [1.807, 2.05) is 0 Å². The van der Waals surface area contributed by atoms with Gasteiger partial charge in [0.2, 0.25) is 0 Å². The fourth-order valence-corrected chi connectivity index (χ4v) is 2.85. The molecule has 25 heavy (non-hydrogen) atoms. The summed E-state index contributed by atoms with van der Waals surface area (Å²) >= 11 is 6.86. The van der Waals surface area contributed by atoms with Crippen LogP contribution in [0.25, 0.3) is 0 Å². The molecule has 0 fully saturated rings. The van der Waals surface area contributed by atoms with Crippen LogP contribution < -0.4 is 5.32 Å². The SMILES string of the molecule is CC(OCC(F)(F)F)C(=O)Nc1ncc(Cc2ccc(F)c(Cl)c2)s1. The number of halogens is 5. The number of aromatic nitrogens is 1. The number of anilines is 1. The van der Waals surface area contributed by atoms with E-state index in [1.54, 1.807) is 6.07 Å². The second kappa shape index (κ2) is 8.11. The van der Waals surface area contributed by atoms with Crippen LogP contribution in [-0.2, 0) is 16.0 Å². The van der Waals surface area contributed by atoms with E-state index in [1.165, 1.54) is 25.3 Å². The van der Waals surface area contributed by atoms with Crippen molar-refractivity contribution in [3.05, 3.63) is 45.7 Å². The lowest BCUT2D eigenvalue weighted by Gasteiger charge is -2.13. The second-order valence-electron chi connectivity index (χ2n) is 5.11. The van der Waals surface area contributed by atoms with Gasteiger partial charge in [-0.3, -0.25) is 10.1 Å². The Hall–Kier alpha value is -1.71. The number of carbonyl (C=O) groups excluding carboxylic acids is 1. The Morgan fingerprint density at radius 3 is 2.80 bits per heavy atom. The summed E-state index contributed by atoms with van der Waals surface area (Å²) in [5, 5.41) is 2.63. The summed E-state index contributed by atoms with van der Waals surface area (Å²) < 4.78 is 53.8. The van der Waals surface area contributed by atoms with Crippen LogP contribution in [0, 0.1) is 5.82 Å². The molecule has 0 saturated carbocycles. The summed E-state index contributed by atoms with van der Waals surface area (Å²) in [6.07, 6.45) is -3.84. The molecule has 10 heteroatoms. The Kier molecular flexibility index (Phi) is 6.36. The zero-order valence-corrected chi connectivity index (χ0v) is 14.4. The lowest BCUT2D eigenvalue weighted by atomic mass is 10.1. The Labute approximate surface area is 149 Å². The fourth-order valence-electron chi connectivity index (χ4n) is 1.80. The molecule has 1 amide bonds. The number of nitrogens with zero attached hydrogens (tertiary/aromatic N) is 1. The largest absolute Gasteiger partial charge is 0.411 e. The van der Waals surface area contributed by atoms with E-state index < -0.39 is 30.6 Å². The zero-order valence-electron chi connectivity index (χ0n) is 12.9. The van der Waals surface area contributed by atoms with Gasteiger partial charge in [0, 0.05) is 17.5 Å². The van der Waals surface area contributed by atoms with Gasteiger partial charge in [0.05, 0.1) is 5.02 Å². The maximum atomic E-state index is 13.1. The number of hydrogen-bond acceptors (Lipinski definition) is 4. The number of thiazole rings is 1. The van der Waals surface area contributed by atoms with Gasteiger partial charge in [-0.05, 0) is 24.6 Å². The first-order valence-electron chi connectivity index (χ1n) is 7.02. The first kappa shape index (κ1) is 19.6. The van der Waals surface area contributed by atoms with Crippen LogP contribution in [0.1, 0.15) is 17.4 Å². The number of alkyl halides is 3. The maximum absolute atomic E-state index is 13.1. The average Bonchev–Trinajstić information content (AvgIpc) is 2.94. The summed E-state index contributed by atoms with van der Waals surface area (Å²) in [5.41, 5.74) is 0.759. The first-order chi connectivity index (χ1) is 11.6. The number of carbonyl (C=O) groups is 1. The minimum absolute atomic E-state index is 0.00572. The van der Waals surface area contributed by atoms with Crippen LogP contribution >= 0.6 is 22.9 Å². The topological polar surface area (TPSA) is 51.2 Å². The van der Waals surface area contributed by atoms with Gasteiger partial charge in [-0.1, -0.05) is 17.7 Å². The van der Waals surface area contributed by atoms with Crippen molar-refractivity contribution >= 4 is 34.0 Å². The van der Waals surface area contributed by atoms with Crippen molar-refractivity contribution in [3.8, 4) is 0 Å². The van der Waals surface area contributed by atoms with E-state index in [-0.39, 0.29) is 10.2 Å². The molecule has 0 aliphatic rings. The standard InChI is InChI=1S/C15H13ClF4N2O2S/c1-8(24-7-15(18,19)20)13(23)22-14-21-6-10(25-14)4-9-2-3-12(17)11(16)5-9/h2-3,5-6,8H,4,7H2,1H3,(H,21,22,23). The lowest BCUT2D eigenvalue weighted by molar-refractivity contribution is -0.184. The molecular formula is C15H13ClF4N2O2S. The van der Waals surface area contributed by atoms with Crippen LogP contribution in [0.4, 0.5) is 22.7 Å². The first-order valence-corrected chi connectivity index (χ1v) is 8.21. The summed E-state index contributed by atoms with van der Waals surface area (Å²) in [5.74, 6) is -1.24. The van der Waals surface area contributed by atoms with E-state index in [2.05, 4.69) is 15.0 Å². The molecule has 136 valence electrons. The smallest absolute Gasteiger partial charge is 0.359 e. The molecule has 4 nitrogen and oxygen atoms in total. The maximum Gasteiger partial charge on any atom is 0.411 e. The number of ether oxygens (including phenoxy) is 1. The van der Waals surface area contributed by atoms with Gasteiger partial charge in [0.1, 0.15) is 18.5 Å². The molecular weight excluding hydrogens is 384 g/mol. The van der Waals surface area contributed by atoms with Crippen molar-refractivity contribution in [1.29, 1.82) is 0 Å². The highest BCUT2D eigenvalue weighted by molar-refractivity contribution is 7.15. The highest BCUT2D eigenvalue weighted by Crippen LogP contribution is 2.24. The Morgan fingerprint density at radius 2 is 2.16 bits per heavy atom. The molecule has 1 N–H and O–H groups in total. The number of benzene rings is 1. The fraction of sp³-hybridized carbons (Fsp3) is 0.333. The van der Waals surface area contributed by atoms with Crippen molar-refractivity contribution in [2.24, 2.45) is 0 Å². The van der Waals surface area contributed by atoms with E-state index >= 15 is 0 Å². The second-order valence-corrected chi connectivity index (χ2v) is 6.64. The van der Waals surface area contributed by atoms with Crippen molar-refractivity contribution in [1.82, 2.24) is 4.98 Å². The van der Waals surface area contributed by atoms with Crippen molar-refractivity contribution in [2.75, 3.05) is 11.9 Å². The molecule has 0 saturated heterocycles. The van der Waals surface area contributed by atoms with Gasteiger partial charge in [0.15, 0.2) is 5.13 Å². The van der Waals surface area contributed by atoms with Crippen LogP contribution in [0.5, 0.6) is 0 Å². The van der Waals surface area contributed by atoms with Crippen LogP contribution in [0.2, 0.25) is 5.02 Å². The third-order valence-electron chi connectivity index (χ3n) is 3.01. The summed E-state index contributed by atoms with van der Waals surface area (Å²) in [6.45, 7) is -0.286. The van der Waals surface area contributed by atoms with E-state index in [0.717, 1.165) is 21.8 Å². The number of nitrogens with one attached hydrogen (secondary N) is 1. The highest BCUT2D eigenvalue weighted by atomic mass is 35.5. The van der Waals surface area contributed by atoms with E-state index in [4.69, 9.17) is 11.6 Å². The van der Waals surface area contributed by atoms with Gasteiger partial charge < -0.3 is 4.74 Å². The summed E-state index contributed by atoms with van der Waals surface area (Å²) in [7, 11) is 0. The predicted molar refractivity (Wildman–Crippen MR) is 86.4 cm³/mol. The van der Waals surface area contributed by atoms with E-state index in [0.29, 0.717) is 6.42 Å². The minimum atomic E-state index is -4.50. The highest BCUT2D eigenvalue weighted by Gasteiger charge is 2.30. The molecule has 0 bridgehead atoms. The summed E-state index contributed by atoms with van der Waals surface area (Å²) in [4.78, 5) is 16.5. The third kappa shape index (κ3) is 6.26. The lowest BCUT2D eigenvalue weighted by Crippen LogP contribution is -2.31. The van der Waals surface area contributed by atoms with Gasteiger partial charge >= 0.3 is 6.18 Å². The minimum Gasteiger partial charge on any atom is -0.359 e. The Morgan fingerprint density at radius 1 is 1.44 bits per heavy atom. The molecule has 1 aromatic heterocycles. The number of amides is 1. The third-order valence-corrected chi connectivity index (χ3v) is 4.21. The molecule has 0 aliphatic carbocycles. The molecule has 1 aromatic carbocycles. The molecule has 2 rings (SSSR count). The van der Waals surface area contributed by atoms with Crippen LogP contribution in [-0.4, -0.2) is 29.8 Å². The van der Waals surface area contributed by atoms with Gasteiger partial charge in [-0.15, -0.1) is 11.3 Å². The molecule has 0 spiro atoms. The van der Waals surface area contributed by atoms with Gasteiger partial charge in [-0.25, -0.2) is 9.37 Å². The molecule has 0 aliphatic heterocycles. The van der Waals surface area contributed by atoms with Crippen molar-refractivity contribution in [2.45, 2.75) is 25.6 Å². The molecule has 1 heterocycles.